The summed E-state index contributed by atoms with van der Waals surface area (Å²) in [5, 5.41) is 9.96. The number of sulfonamides is 1. The molecule has 0 bridgehead atoms. The molecule has 22 heavy (non-hydrogen) atoms. The molecule has 1 aliphatic rings. The van der Waals surface area contributed by atoms with Crippen LogP contribution in [-0.2, 0) is 19.9 Å². The molecule has 2 rings (SSSR count). The summed E-state index contributed by atoms with van der Waals surface area (Å²) >= 11 is 0. The Balaban J connectivity index is 2.46. The topological polar surface area (TPSA) is 91.8 Å². The number of benzene rings is 1. The highest BCUT2D eigenvalue weighted by Gasteiger charge is 2.44. The minimum absolute atomic E-state index is 0.104. The first-order valence-electron chi connectivity index (χ1n) is 7.06. The van der Waals surface area contributed by atoms with E-state index in [1.54, 1.807) is 26.0 Å². The highest BCUT2D eigenvalue weighted by atomic mass is 32.2. The molecule has 1 aliphatic heterocycles. The smallest absolute Gasteiger partial charge is 0.243 e. The van der Waals surface area contributed by atoms with Crippen molar-refractivity contribution in [3.8, 4) is 0 Å². The lowest BCUT2D eigenvalue weighted by Crippen LogP contribution is -2.46. The van der Waals surface area contributed by atoms with Crippen LogP contribution in [0.25, 0.3) is 0 Å². The third-order valence-electron chi connectivity index (χ3n) is 3.89. The van der Waals surface area contributed by atoms with E-state index in [0.717, 1.165) is 9.87 Å². The van der Waals surface area contributed by atoms with Crippen LogP contribution in [-0.4, -0.2) is 56.4 Å². The molecule has 1 aromatic carbocycles. The van der Waals surface area contributed by atoms with Crippen LogP contribution in [0.1, 0.15) is 18.1 Å². The third kappa shape index (κ3) is 3.19. The second-order valence-corrected chi connectivity index (χ2v) is 9.70. The predicted octanol–water partition coefficient (Wildman–Crippen LogP) is 0.472. The number of hydrogen-bond acceptors (Lipinski definition) is 5. The largest absolute Gasteiger partial charge is 0.390 e. The van der Waals surface area contributed by atoms with E-state index in [9.17, 15) is 21.9 Å². The van der Waals surface area contributed by atoms with E-state index in [0.29, 0.717) is 5.56 Å². The first kappa shape index (κ1) is 17.4. The van der Waals surface area contributed by atoms with Crippen molar-refractivity contribution < 1.29 is 21.9 Å². The van der Waals surface area contributed by atoms with Gasteiger partial charge in [-0.15, -0.1) is 0 Å². The van der Waals surface area contributed by atoms with Gasteiger partial charge in [-0.3, -0.25) is 0 Å². The number of aryl methyl sites for hydroxylation is 2. The van der Waals surface area contributed by atoms with Crippen LogP contribution < -0.4 is 0 Å². The van der Waals surface area contributed by atoms with Crippen molar-refractivity contribution in [2.24, 2.45) is 0 Å². The maximum Gasteiger partial charge on any atom is 0.243 e. The van der Waals surface area contributed by atoms with Crippen molar-refractivity contribution in [3.05, 3.63) is 29.3 Å². The van der Waals surface area contributed by atoms with Gasteiger partial charge in [0.2, 0.25) is 10.0 Å². The normalized spacial score (nSPS) is 24.8. The molecule has 0 saturated carbocycles. The number of aliphatic hydroxyl groups excluding tert-OH is 1. The Labute approximate surface area is 131 Å². The molecule has 1 heterocycles. The molecule has 0 aliphatic carbocycles. The first-order valence-corrected chi connectivity index (χ1v) is 10.3. The summed E-state index contributed by atoms with van der Waals surface area (Å²) in [6.07, 6.45) is -1.19. The van der Waals surface area contributed by atoms with Gasteiger partial charge in [-0.25, -0.2) is 16.8 Å². The van der Waals surface area contributed by atoms with Crippen LogP contribution in [0.4, 0.5) is 0 Å². The summed E-state index contributed by atoms with van der Waals surface area (Å²) < 4.78 is 50.1. The van der Waals surface area contributed by atoms with Gasteiger partial charge in [-0.2, -0.15) is 4.31 Å². The summed E-state index contributed by atoms with van der Waals surface area (Å²) in [6.45, 7) is 5.31. The van der Waals surface area contributed by atoms with E-state index in [-0.39, 0.29) is 17.2 Å². The SMILES string of the molecule is CCN([C@H]1CS(=O)(=O)C[C@@H]1O)S(=O)(=O)c1ccc(C)cc1C. The minimum atomic E-state index is -3.86. The molecule has 0 unspecified atom stereocenters. The van der Waals surface area contributed by atoms with Gasteiger partial charge in [0.25, 0.3) is 0 Å². The number of rotatable bonds is 4. The quantitative estimate of drug-likeness (QED) is 0.855. The van der Waals surface area contributed by atoms with Crippen molar-refractivity contribution in [3.63, 3.8) is 0 Å². The van der Waals surface area contributed by atoms with Crippen LogP contribution in [0.15, 0.2) is 23.1 Å². The minimum Gasteiger partial charge on any atom is -0.390 e. The molecule has 0 amide bonds. The maximum absolute atomic E-state index is 12.9. The van der Waals surface area contributed by atoms with Gasteiger partial charge >= 0.3 is 0 Å². The number of likely N-dealkylation sites (N-methyl/N-ethyl adjacent to an activating group) is 1. The van der Waals surface area contributed by atoms with Crippen molar-refractivity contribution >= 4 is 19.9 Å². The summed E-state index contributed by atoms with van der Waals surface area (Å²) in [5.41, 5.74) is 1.55. The molecule has 0 radical (unpaired) electrons. The molecule has 8 heteroatoms. The molecular weight excluding hydrogens is 326 g/mol. The average molecular weight is 347 g/mol. The van der Waals surface area contributed by atoms with E-state index in [1.807, 2.05) is 6.92 Å². The molecule has 1 N–H and O–H groups in total. The van der Waals surface area contributed by atoms with Gasteiger partial charge in [0, 0.05) is 6.54 Å². The molecule has 1 saturated heterocycles. The van der Waals surface area contributed by atoms with E-state index >= 15 is 0 Å². The molecule has 6 nitrogen and oxygen atoms in total. The fourth-order valence-corrected chi connectivity index (χ4v) is 6.65. The zero-order valence-electron chi connectivity index (χ0n) is 12.9. The summed E-state index contributed by atoms with van der Waals surface area (Å²) in [7, 11) is -7.27. The number of hydrogen-bond donors (Lipinski definition) is 1. The number of nitrogens with zero attached hydrogens (tertiary/aromatic N) is 1. The Bertz CT molecular complexity index is 770. The average Bonchev–Trinajstić information content (AvgIpc) is 2.62. The Hall–Kier alpha value is -0.960. The van der Waals surface area contributed by atoms with Gasteiger partial charge in [0.15, 0.2) is 9.84 Å². The van der Waals surface area contributed by atoms with Gasteiger partial charge in [-0.1, -0.05) is 24.6 Å². The lowest BCUT2D eigenvalue weighted by molar-refractivity contribution is 0.130. The second-order valence-electron chi connectivity index (χ2n) is 5.69. The lowest BCUT2D eigenvalue weighted by Gasteiger charge is -2.28. The van der Waals surface area contributed by atoms with Gasteiger partial charge in [-0.05, 0) is 25.5 Å². The first-order chi connectivity index (χ1) is 10.1. The zero-order chi connectivity index (χ0) is 16.7. The van der Waals surface area contributed by atoms with Crippen molar-refractivity contribution in [2.75, 3.05) is 18.1 Å². The van der Waals surface area contributed by atoms with Crippen LogP contribution in [0, 0.1) is 13.8 Å². The highest BCUT2D eigenvalue weighted by molar-refractivity contribution is 7.92. The Morgan fingerprint density at radius 1 is 1.27 bits per heavy atom. The molecule has 124 valence electrons. The number of sulfone groups is 1. The molecule has 1 aromatic rings. The second kappa shape index (κ2) is 5.92. The fraction of sp³-hybridized carbons (Fsp3) is 0.571. The molecule has 2 atom stereocenters. The zero-order valence-corrected chi connectivity index (χ0v) is 14.5. The summed E-state index contributed by atoms with van der Waals surface area (Å²) in [5.74, 6) is -0.733. The third-order valence-corrected chi connectivity index (χ3v) is 7.75. The van der Waals surface area contributed by atoms with E-state index < -0.39 is 37.8 Å². The Morgan fingerprint density at radius 3 is 2.36 bits per heavy atom. The molecule has 0 aromatic heterocycles. The standard InChI is InChI=1S/C14H21NO5S2/c1-4-15(12-8-21(17,18)9-13(12)16)22(19,20)14-6-5-10(2)7-11(14)3/h5-7,12-13,16H,4,8-9H2,1-3H3/t12-,13-/m0/s1. The van der Waals surface area contributed by atoms with E-state index in [4.69, 9.17) is 0 Å². The van der Waals surface area contributed by atoms with Crippen molar-refractivity contribution in [1.29, 1.82) is 0 Å². The predicted molar refractivity (Wildman–Crippen MR) is 83.9 cm³/mol. The molecule has 0 spiro atoms. The van der Waals surface area contributed by atoms with Gasteiger partial charge < -0.3 is 5.11 Å². The maximum atomic E-state index is 12.9. The monoisotopic (exact) mass is 347 g/mol. The molecular formula is C14H21NO5S2. The van der Waals surface area contributed by atoms with Crippen LogP contribution in [0.5, 0.6) is 0 Å². The van der Waals surface area contributed by atoms with Crippen LogP contribution in [0.3, 0.4) is 0 Å². The van der Waals surface area contributed by atoms with E-state index in [1.165, 1.54) is 6.07 Å². The van der Waals surface area contributed by atoms with Gasteiger partial charge in [0.05, 0.1) is 28.5 Å². The van der Waals surface area contributed by atoms with Crippen LogP contribution >= 0.6 is 0 Å². The van der Waals surface area contributed by atoms with Crippen LogP contribution in [0.2, 0.25) is 0 Å². The summed E-state index contributed by atoms with van der Waals surface area (Å²) in [6, 6.07) is 4.07. The Kier molecular flexibility index (Phi) is 4.68. The summed E-state index contributed by atoms with van der Waals surface area (Å²) in [4.78, 5) is 0.149. The van der Waals surface area contributed by atoms with Gasteiger partial charge in [0.1, 0.15) is 0 Å². The van der Waals surface area contributed by atoms with Crippen molar-refractivity contribution in [2.45, 2.75) is 37.8 Å². The fourth-order valence-electron chi connectivity index (χ4n) is 2.88. The molecule has 1 fully saturated rings. The number of aliphatic hydroxyl groups is 1. The van der Waals surface area contributed by atoms with Crippen molar-refractivity contribution in [1.82, 2.24) is 4.31 Å². The Morgan fingerprint density at radius 2 is 1.91 bits per heavy atom. The van der Waals surface area contributed by atoms with E-state index in [2.05, 4.69) is 0 Å². The lowest BCUT2D eigenvalue weighted by atomic mass is 10.2. The highest BCUT2D eigenvalue weighted by Crippen LogP contribution is 2.27.